The van der Waals surface area contributed by atoms with Crippen molar-refractivity contribution in [2.24, 2.45) is 0 Å². The van der Waals surface area contributed by atoms with Crippen LogP contribution in [0.25, 0.3) is 0 Å². The van der Waals surface area contributed by atoms with Crippen LogP contribution >= 0.6 is 11.3 Å². The van der Waals surface area contributed by atoms with Gasteiger partial charge in [-0.3, -0.25) is 4.79 Å². The maximum Gasteiger partial charge on any atom is 0.341 e. The fourth-order valence-electron chi connectivity index (χ4n) is 3.23. The van der Waals surface area contributed by atoms with Gasteiger partial charge in [-0.15, -0.1) is 11.3 Å². The Bertz CT molecular complexity index is 590. The summed E-state index contributed by atoms with van der Waals surface area (Å²) < 4.78 is 10.7. The number of fused-ring (bicyclic) bond motifs is 1. The highest BCUT2D eigenvalue weighted by Gasteiger charge is 2.29. The number of hydrogen-bond donors (Lipinski definition) is 1. The van der Waals surface area contributed by atoms with Gasteiger partial charge in [-0.05, 0) is 51.0 Å². The first-order valence-corrected chi connectivity index (χ1v) is 9.26. The minimum atomic E-state index is -0.396. The lowest BCUT2D eigenvalue weighted by molar-refractivity contribution is -0.124. The Morgan fingerprint density at radius 1 is 1.26 bits per heavy atom. The number of carbonyl (C=O) groups excluding carboxylic acids is 2. The van der Waals surface area contributed by atoms with Crippen LogP contribution in [0.1, 0.15) is 59.8 Å². The minimum absolute atomic E-state index is 0.149. The van der Waals surface area contributed by atoms with Crippen LogP contribution in [0.15, 0.2) is 0 Å². The van der Waals surface area contributed by atoms with Gasteiger partial charge < -0.3 is 14.8 Å². The summed E-state index contributed by atoms with van der Waals surface area (Å²) in [6.45, 7) is 2.76. The summed E-state index contributed by atoms with van der Waals surface area (Å²) in [5, 5.41) is 3.56. The van der Waals surface area contributed by atoms with Crippen LogP contribution in [-0.2, 0) is 27.1 Å². The van der Waals surface area contributed by atoms with Gasteiger partial charge in [0, 0.05) is 11.5 Å². The van der Waals surface area contributed by atoms with Crippen molar-refractivity contribution >= 4 is 28.2 Å². The van der Waals surface area contributed by atoms with E-state index >= 15 is 0 Å². The van der Waals surface area contributed by atoms with Crippen LogP contribution in [0.4, 0.5) is 5.00 Å². The number of nitrogens with one attached hydrogen (secondary N) is 1. The highest BCUT2D eigenvalue weighted by Crippen LogP contribution is 2.38. The zero-order valence-corrected chi connectivity index (χ0v) is 14.3. The van der Waals surface area contributed by atoms with E-state index in [4.69, 9.17) is 9.47 Å². The first-order chi connectivity index (χ1) is 11.2. The van der Waals surface area contributed by atoms with E-state index in [0.29, 0.717) is 23.8 Å². The lowest BCUT2D eigenvalue weighted by atomic mass is 10.1. The number of aryl methyl sites for hydroxylation is 1. The molecule has 0 aromatic carbocycles. The van der Waals surface area contributed by atoms with Crippen LogP contribution in [-0.4, -0.2) is 31.2 Å². The van der Waals surface area contributed by atoms with E-state index < -0.39 is 6.10 Å². The third-order valence-electron chi connectivity index (χ3n) is 4.36. The van der Waals surface area contributed by atoms with Gasteiger partial charge in [0.2, 0.25) is 0 Å². The summed E-state index contributed by atoms with van der Waals surface area (Å²) in [6.07, 6.45) is 6.51. The first kappa shape index (κ1) is 16.5. The Kier molecular flexibility index (Phi) is 5.33. The molecule has 1 aromatic heterocycles. The molecule has 1 aliphatic heterocycles. The van der Waals surface area contributed by atoms with Gasteiger partial charge in [-0.1, -0.05) is 6.42 Å². The monoisotopic (exact) mass is 337 g/mol. The summed E-state index contributed by atoms with van der Waals surface area (Å²) in [7, 11) is 0. The molecule has 0 spiro atoms. The van der Waals surface area contributed by atoms with Gasteiger partial charge in [-0.25, -0.2) is 4.79 Å². The molecule has 2 aliphatic rings. The van der Waals surface area contributed by atoms with Crippen LogP contribution < -0.4 is 5.32 Å². The average molecular weight is 337 g/mol. The molecule has 5 nitrogen and oxygen atoms in total. The predicted molar refractivity (Wildman–Crippen MR) is 89.1 cm³/mol. The molecule has 126 valence electrons. The molecule has 1 N–H and O–H groups in total. The number of amides is 1. The molecule has 3 rings (SSSR count). The molecule has 1 unspecified atom stereocenters. The number of hydrogen-bond acceptors (Lipinski definition) is 5. The van der Waals surface area contributed by atoms with Gasteiger partial charge in [-0.2, -0.15) is 0 Å². The smallest absolute Gasteiger partial charge is 0.341 e. The highest BCUT2D eigenvalue weighted by molar-refractivity contribution is 7.17. The Morgan fingerprint density at radius 3 is 2.83 bits per heavy atom. The number of rotatable bonds is 4. The van der Waals surface area contributed by atoms with Crippen molar-refractivity contribution in [2.45, 2.75) is 58.0 Å². The summed E-state index contributed by atoms with van der Waals surface area (Å²) in [5.41, 5.74) is 1.65. The predicted octanol–water partition coefficient (Wildman–Crippen LogP) is 3.31. The van der Waals surface area contributed by atoms with Crippen molar-refractivity contribution < 1.29 is 19.1 Å². The maximum absolute atomic E-state index is 12.4. The number of carbonyl (C=O) groups is 2. The second kappa shape index (κ2) is 7.45. The molecule has 1 aromatic rings. The molecule has 23 heavy (non-hydrogen) atoms. The zero-order chi connectivity index (χ0) is 16.2. The molecule has 1 amide bonds. The fraction of sp³-hybridized carbons (Fsp3) is 0.647. The van der Waals surface area contributed by atoms with Crippen LogP contribution in [0.3, 0.4) is 0 Å². The summed E-state index contributed by atoms with van der Waals surface area (Å²) in [5.74, 6) is -0.473. The van der Waals surface area contributed by atoms with Crippen molar-refractivity contribution in [2.75, 3.05) is 18.5 Å². The lowest BCUT2D eigenvalue weighted by Crippen LogP contribution is -2.27. The topological polar surface area (TPSA) is 64.6 Å². The molecule has 1 saturated heterocycles. The normalized spacial score (nSPS) is 20.7. The molecule has 1 aliphatic carbocycles. The first-order valence-electron chi connectivity index (χ1n) is 8.44. The van der Waals surface area contributed by atoms with E-state index in [0.717, 1.165) is 44.1 Å². The highest BCUT2D eigenvalue weighted by atomic mass is 32.1. The molecule has 0 bridgehead atoms. The van der Waals surface area contributed by atoms with E-state index in [1.165, 1.54) is 22.6 Å². The van der Waals surface area contributed by atoms with Gasteiger partial charge in [0.15, 0.2) is 0 Å². The zero-order valence-electron chi connectivity index (χ0n) is 13.5. The van der Waals surface area contributed by atoms with E-state index in [-0.39, 0.29) is 11.9 Å². The molecule has 1 atom stereocenters. The van der Waals surface area contributed by atoms with E-state index in [9.17, 15) is 9.59 Å². The Hall–Kier alpha value is -1.40. The molecule has 0 saturated carbocycles. The van der Waals surface area contributed by atoms with Crippen molar-refractivity contribution in [1.29, 1.82) is 0 Å². The van der Waals surface area contributed by atoms with Crippen molar-refractivity contribution in [3.8, 4) is 0 Å². The second-order valence-corrected chi connectivity index (χ2v) is 7.09. The SMILES string of the molecule is CCOC(=O)c1c(NC(=O)C2CCCO2)sc2c1CCCCC2. The molecule has 1 fully saturated rings. The average Bonchev–Trinajstić information content (AvgIpc) is 3.11. The van der Waals surface area contributed by atoms with E-state index in [1.54, 1.807) is 6.92 Å². The number of thiophene rings is 1. The van der Waals surface area contributed by atoms with E-state index in [1.807, 2.05) is 0 Å². The standard InChI is InChI=1S/C17H23NO4S/c1-2-21-17(20)14-11-7-4-3-5-9-13(11)23-16(14)18-15(19)12-8-6-10-22-12/h12H,2-10H2,1H3,(H,18,19). The van der Waals surface area contributed by atoms with Crippen molar-refractivity contribution in [3.05, 3.63) is 16.0 Å². The molecular weight excluding hydrogens is 314 g/mol. The molecule has 2 heterocycles. The minimum Gasteiger partial charge on any atom is -0.462 e. The van der Waals surface area contributed by atoms with Crippen LogP contribution in [0.2, 0.25) is 0 Å². The van der Waals surface area contributed by atoms with E-state index in [2.05, 4.69) is 5.32 Å². The Labute approximate surface area is 140 Å². The summed E-state index contributed by atoms with van der Waals surface area (Å²) in [4.78, 5) is 26.0. The van der Waals surface area contributed by atoms with Crippen LogP contribution in [0, 0.1) is 0 Å². The van der Waals surface area contributed by atoms with Gasteiger partial charge in [0.05, 0.1) is 12.2 Å². The third kappa shape index (κ3) is 3.58. The number of esters is 1. The Balaban J connectivity index is 1.88. The van der Waals surface area contributed by atoms with Gasteiger partial charge >= 0.3 is 5.97 Å². The maximum atomic E-state index is 12.4. The van der Waals surface area contributed by atoms with Crippen LogP contribution in [0.5, 0.6) is 0 Å². The molecule has 0 radical (unpaired) electrons. The molecular formula is C17H23NO4S. The summed E-state index contributed by atoms with van der Waals surface area (Å²) >= 11 is 1.53. The quantitative estimate of drug-likeness (QED) is 0.676. The fourth-order valence-corrected chi connectivity index (χ4v) is 4.51. The number of anilines is 1. The third-order valence-corrected chi connectivity index (χ3v) is 5.57. The second-order valence-electron chi connectivity index (χ2n) is 5.98. The summed E-state index contributed by atoms with van der Waals surface area (Å²) in [6, 6.07) is 0. The molecule has 6 heteroatoms. The number of ether oxygens (including phenoxy) is 2. The lowest BCUT2D eigenvalue weighted by Gasteiger charge is -2.11. The van der Waals surface area contributed by atoms with Crippen molar-refractivity contribution in [1.82, 2.24) is 0 Å². The Morgan fingerprint density at radius 2 is 2.09 bits per heavy atom. The van der Waals surface area contributed by atoms with Gasteiger partial charge in [0.25, 0.3) is 5.91 Å². The van der Waals surface area contributed by atoms with Crippen molar-refractivity contribution in [3.63, 3.8) is 0 Å². The largest absolute Gasteiger partial charge is 0.462 e. The van der Waals surface area contributed by atoms with Gasteiger partial charge in [0.1, 0.15) is 11.1 Å².